The molecule has 9 heteroatoms. The van der Waals surface area contributed by atoms with Crippen LogP contribution in [0.5, 0.6) is 6.01 Å². The largest absolute Gasteiger partial charge is 0.467 e. The summed E-state index contributed by atoms with van der Waals surface area (Å²) in [7, 11) is 1.39. The standard InChI is InChI=1S/C11H12F2N6O/c1-20-11-17-9(16-10(18-11)19-14)15-5-6-2-3-7(12)4-8(6)13/h2-4H,5,14H2,1H3,(H2,15,16,17,18,19). The summed E-state index contributed by atoms with van der Waals surface area (Å²) in [5.74, 6) is 4.15. The molecule has 0 aliphatic carbocycles. The summed E-state index contributed by atoms with van der Waals surface area (Å²) in [6, 6.07) is 3.35. The molecule has 4 N–H and O–H groups in total. The topological polar surface area (TPSA) is 98.0 Å². The highest BCUT2D eigenvalue weighted by atomic mass is 19.1. The summed E-state index contributed by atoms with van der Waals surface area (Å²) in [6.45, 7) is 0.0727. The van der Waals surface area contributed by atoms with Gasteiger partial charge in [0.25, 0.3) is 0 Å². The van der Waals surface area contributed by atoms with Gasteiger partial charge >= 0.3 is 6.01 Å². The molecule has 0 spiro atoms. The van der Waals surface area contributed by atoms with Crippen molar-refractivity contribution in [1.29, 1.82) is 0 Å². The lowest BCUT2D eigenvalue weighted by Crippen LogP contribution is -2.14. The first kappa shape index (κ1) is 13.9. The first-order valence-electron chi connectivity index (χ1n) is 5.57. The van der Waals surface area contributed by atoms with E-state index in [4.69, 9.17) is 10.6 Å². The minimum atomic E-state index is -0.657. The first-order chi connectivity index (χ1) is 9.62. The third-order valence-electron chi connectivity index (χ3n) is 2.38. The smallest absolute Gasteiger partial charge is 0.322 e. The zero-order chi connectivity index (χ0) is 14.5. The lowest BCUT2D eigenvalue weighted by molar-refractivity contribution is 0.379. The van der Waals surface area contributed by atoms with Crippen molar-refractivity contribution in [3.63, 3.8) is 0 Å². The fraction of sp³-hybridized carbons (Fsp3) is 0.182. The molecule has 0 amide bonds. The Labute approximate surface area is 113 Å². The molecule has 20 heavy (non-hydrogen) atoms. The Hall–Kier alpha value is -2.55. The number of nitrogens with zero attached hydrogens (tertiary/aromatic N) is 3. The molecule has 0 saturated heterocycles. The zero-order valence-electron chi connectivity index (χ0n) is 10.5. The maximum absolute atomic E-state index is 13.5. The quantitative estimate of drug-likeness (QED) is 0.557. The van der Waals surface area contributed by atoms with Crippen LogP contribution in [0.4, 0.5) is 20.7 Å². The van der Waals surface area contributed by atoms with Crippen LogP contribution in [0.3, 0.4) is 0 Å². The number of nitrogens with two attached hydrogens (primary N) is 1. The van der Waals surface area contributed by atoms with Crippen molar-refractivity contribution in [3.8, 4) is 6.01 Å². The number of hydrogen-bond donors (Lipinski definition) is 3. The Morgan fingerprint density at radius 3 is 2.60 bits per heavy atom. The van der Waals surface area contributed by atoms with Gasteiger partial charge in [0.1, 0.15) is 11.6 Å². The predicted molar refractivity (Wildman–Crippen MR) is 67.9 cm³/mol. The van der Waals surface area contributed by atoms with E-state index in [2.05, 4.69) is 25.7 Å². The minimum absolute atomic E-state index is 0.0510. The molecule has 0 radical (unpaired) electrons. The third-order valence-corrected chi connectivity index (χ3v) is 2.38. The van der Waals surface area contributed by atoms with Crippen LogP contribution in [-0.2, 0) is 6.54 Å². The molecule has 0 aliphatic rings. The fourth-order valence-electron chi connectivity index (χ4n) is 1.43. The molecule has 106 valence electrons. The molecular formula is C11H12F2N6O. The number of methoxy groups -OCH3 is 1. The zero-order valence-corrected chi connectivity index (χ0v) is 10.5. The lowest BCUT2D eigenvalue weighted by atomic mass is 10.2. The fourth-order valence-corrected chi connectivity index (χ4v) is 1.43. The summed E-state index contributed by atoms with van der Waals surface area (Å²) in [5.41, 5.74) is 2.52. The van der Waals surface area contributed by atoms with Crippen molar-refractivity contribution in [2.24, 2.45) is 5.84 Å². The number of halogens is 2. The number of nitrogens with one attached hydrogen (secondary N) is 2. The summed E-state index contributed by atoms with van der Waals surface area (Å²) < 4.78 is 31.1. The highest BCUT2D eigenvalue weighted by Gasteiger charge is 2.08. The van der Waals surface area contributed by atoms with Gasteiger partial charge in [0, 0.05) is 18.2 Å². The van der Waals surface area contributed by atoms with Gasteiger partial charge in [-0.2, -0.15) is 15.0 Å². The van der Waals surface area contributed by atoms with Crippen LogP contribution in [0.2, 0.25) is 0 Å². The number of rotatable bonds is 5. The van der Waals surface area contributed by atoms with Crippen LogP contribution in [0.25, 0.3) is 0 Å². The Morgan fingerprint density at radius 2 is 1.95 bits per heavy atom. The maximum atomic E-state index is 13.5. The van der Waals surface area contributed by atoms with Crippen LogP contribution >= 0.6 is 0 Å². The normalized spacial score (nSPS) is 10.2. The summed E-state index contributed by atoms with van der Waals surface area (Å²) in [5, 5.41) is 2.77. The van der Waals surface area contributed by atoms with E-state index in [0.717, 1.165) is 6.07 Å². The van der Waals surface area contributed by atoms with Crippen LogP contribution in [0, 0.1) is 11.6 Å². The molecule has 1 heterocycles. The Balaban J connectivity index is 2.13. The van der Waals surface area contributed by atoms with Gasteiger partial charge in [-0.3, -0.25) is 5.43 Å². The molecule has 2 rings (SSSR count). The van der Waals surface area contributed by atoms with Gasteiger partial charge in [-0.25, -0.2) is 14.6 Å². The molecule has 0 bridgehead atoms. The molecule has 0 fully saturated rings. The monoisotopic (exact) mass is 282 g/mol. The van der Waals surface area contributed by atoms with Crippen LogP contribution < -0.4 is 21.3 Å². The van der Waals surface area contributed by atoms with Gasteiger partial charge < -0.3 is 10.1 Å². The highest BCUT2D eigenvalue weighted by molar-refractivity contribution is 5.36. The van der Waals surface area contributed by atoms with Gasteiger partial charge in [-0.15, -0.1) is 0 Å². The number of anilines is 2. The van der Waals surface area contributed by atoms with Crippen LogP contribution in [0.15, 0.2) is 18.2 Å². The van der Waals surface area contributed by atoms with E-state index in [1.165, 1.54) is 19.2 Å². The van der Waals surface area contributed by atoms with E-state index in [9.17, 15) is 8.78 Å². The van der Waals surface area contributed by atoms with E-state index >= 15 is 0 Å². The molecular weight excluding hydrogens is 270 g/mol. The van der Waals surface area contributed by atoms with Crippen molar-refractivity contribution in [3.05, 3.63) is 35.4 Å². The van der Waals surface area contributed by atoms with Crippen molar-refractivity contribution in [1.82, 2.24) is 15.0 Å². The second kappa shape index (κ2) is 6.06. The van der Waals surface area contributed by atoms with E-state index in [1.54, 1.807) is 0 Å². The van der Waals surface area contributed by atoms with Gasteiger partial charge in [-0.05, 0) is 6.07 Å². The molecule has 1 aromatic carbocycles. The first-order valence-corrected chi connectivity index (χ1v) is 5.57. The number of benzene rings is 1. The summed E-state index contributed by atoms with van der Waals surface area (Å²) in [4.78, 5) is 11.6. The second-order valence-electron chi connectivity index (χ2n) is 3.70. The van der Waals surface area contributed by atoms with Gasteiger partial charge in [-0.1, -0.05) is 6.07 Å². The third kappa shape index (κ3) is 3.26. The van der Waals surface area contributed by atoms with Gasteiger partial charge in [0.05, 0.1) is 7.11 Å². The molecule has 2 aromatic rings. The van der Waals surface area contributed by atoms with E-state index in [1.807, 2.05) is 0 Å². The summed E-state index contributed by atoms with van der Waals surface area (Å²) in [6.07, 6.45) is 0. The molecule has 7 nitrogen and oxygen atoms in total. The molecule has 0 saturated carbocycles. The molecule has 0 unspecified atom stereocenters. The lowest BCUT2D eigenvalue weighted by Gasteiger charge is -2.08. The number of nitrogen functional groups attached to an aromatic ring is 1. The maximum Gasteiger partial charge on any atom is 0.322 e. The SMILES string of the molecule is COc1nc(NN)nc(NCc2ccc(F)cc2F)n1. The average Bonchev–Trinajstić information content (AvgIpc) is 2.46. The van der Waals surface area contributed by atoms with Crippen molar-refractivity contribution in [2.45, 2.75) is 6.54 Å². The van der Waals surface area contributed by atoms with Crippen LogP contribution in [-0.4, -0.2) is 22.1 Å². The Bertz CT molecular complexity index is 587. The van der Waals surface area contributed by atoms with E-state index in [0.29, 0.717) is 0 Å². The number of aromatic nitrogens is 3. The molecule has 0 aliphatic heterocycles. The highest BCUT2D eigenvalue weighted by Crippen LogP contribution is 2.13. The van der Waals surface area contributed by atoms with Gasteiger partial charge in [0.15, 0.2) is 0 Å². The predicted octanol–water partition coefficient (Wildman–Crippen LogP) is 1.06. The number of hydrazine groups is 1. The second-order valence-corrected chi connectivity index (χ2v) is 3.70. The number of hydrogen-bond acceptors (Lipinski definition) is 7. The van der Waals surface area contributed by atoms with Crippen molar-refractivity contribution in [2.75, 3.05) is 17.9 Å². The van der Waals surface area contributed by atoms with E-state index in [-0.39, 0.29) is 30.0 Å². The van der Waals surface area contributed by atoms with Gasteiger partial charge in [0.2, 0.25) is 11.9 Å². The minimum Gasteiger partial charge on any atom is -0.467 e. The van der Waals surface area contributed by atoms with E-state index < -0.39 is 11.6 Å². The van der Waals surface area contributed by atoms with Crippen molar-refractivity contribution < 1.29 is 13.5 Å². The van der Waals surface area contributed by atoms with Crippen molar-refractivity contribution >= 4 is 11.9 Å². The molecule has 1 aromatic heterocycles. The average molecular weight is 282 g/mol. The molecule has 0 atom stereocenters. The summed E-state index contributed by atoms with van der Waals surface area (Å²) >= 11 is 0. The number of ether oxygens (including phenoxy) is 1. The van der Waals surface area contributed by atoms with Crippen LogP contribution in [0.1, 0.15) is 5.56 Å². The Kier molecular flexibility index (Phi) is 4.20. The Morgan fingerprint density at radius 1 is 1.20 bits per heavy atom.